The molecule has 6 nitrogen and oxygen atoms in total. The first-order valence-corrected chi connectivity index (χ1v) is 8.93. The molecule has 142 valence electrons. The number of carbonyl (C=O) groups is 2. The molecular weight excluding hydrogens is 368 g/mol. The second-order valence-corrected chi connectivity index (χ2v) is 6.83. The summed E-state index contributed by atoms with van der Waals surface area (Å²) in [6.07, 6.45) is 1.93. The Balaban J connectivity index is 1.86. The highest BCUT2D eigenvalue weighted by Gasteiger charge is 2.33. The summed E-state index contributed by atoms with van der Waals surface area (Å²) in [5.41, 5.74) is 7.08. The molecule has 2 amide bonds. The van der Waals surface area contributed by atoms with Crippen molar-refractivity contribution < 1.29 is 19.1 Å². The van der Waals surface area contributed by atoms with Crippen LogP contribution in [0.4, 0.5) is 0 Å². The monoisotopic (exact) mass is 388 g/mol. The van der Waals surface area contributed by atoms with Crippen molar-refractivity contribution in [3.8, 4) is 11.5 Å². The molecule has 0 radical (unpaired) electrons. The van der Waals surface area contributed by atoms with E-state index in [9.17, 15) is 9.59 Å². The number of nitrogens with zero attached hydrogens (tertiary/aromatic N) is 1. The highest BCUT2D eigenvalue weighted by molar-refractivity contribution is 6.32. The van der Waals surface area contributed by atoms with E-state index in [1.165, 1.54) is 14.2 Å². The number of methoxy groups -OCH3 is 2. The Morgan fingerprint density at radius 2 is 1.78 bits per heavy atom. The average molecular weight is 389 g/mol. The minimum absolute atomic E-state index is 0.126. The number of benzene rings is 2. The van der Waals surface area contributed by atoms with E-state index in [4.69, 9.17) is 26.8 Å². The summed E-state index contributed by atoms with van der Waals surface area (Å²) in [6.45, 7) is 0.439. The zero-order chi connectivity index (χ0) is 19.6. The van der Waals surface area contributed by atoms with Crippen LogP contribution in [0.2, 0.25) is 5.02 Å². The fourth-order valence-electron chi connectivity index (χ4n) is 2.93. The molecule has 7 heteroatoms. The molecular formula is C20H21ClN2O4. The third kappa shape index (κ3) is 4.17. The first-order chi connectivity index (χ1) is 12.9. The molecule has 2 N–H and O–H groups in total. The minimum atomic E-state index is -0.475. The number of nitrogens with two attached hydrogens (primary N) is 1. The lowest BCUT2D eigenvalue weighted by Gasteiger charge is -2.23. The molecule has 1 aliphatic carbocycles. The van der Waals surface area contributed by atoms with E-state index in [0.29, 0.717) is 34.2 Å². The van der Waals surface area contributed by atoms with Gasteiger partial charge in [-0.15, -0.1) is 0 Å². The third-order valence-electron chi connectivity index (χ3n) is 4.52. The molecule has 1 aliphatic rings. The number of amides is 2. The van der Waals surface area contributed by atoms with Gasteiger partial charge in [0.15, 0.2) is 11.5 Å². The summed E-state index contributed by atoms with van der Waals surface area (Å²) in [5, 5.41) is 0.321. The van der Waals surface area contributed by atoms with Gasteiger partial charge in [-0.05, 0) is 42.7 Å². The molecule has 0 bridgehead atoms. The van der Waals surface area contributed by atoms with Crippen molar-refractivity contribution in [2.75, 3.05) is 14.2 Å². The van der Waals surface area contributed by atoms with Gasteiger partial charge < -0.3 is 20.1 Å². The fourth-order valence-corrected chi connectivity index (χ4v) is 3.22. The number of rotatable bonds is 7. The summed E-state index contributed by atoms with van der Waals surface area (Å²) in [4.78, 5) is 26.2. The zero-order valence-corrected chi connectivity index (χ0v) is 16.0. The predicted molar refractivity (Wildman–Crippen MR) is 102 cm³/mol. The maximum Gasteiger partial charge on any atom is 0.254 e. The van der Waals surface area contributed by atoms with E-state index in [-0.39, 0.29) is 11.9 Å². The van der Waals surface area contributed by atoms with Crippen molar-refractivity contribution >= 4 is 23.4 Å². The molecule has 0 aliphatic heterocycles. The molecule has 2 aromatic carbocycles. The maximum absolute atomic E-state index is 13.1. The van der Waals surface area contributed by atoms with Crippen molar-refractivity contribution in [1.29, 1.82) is 0 Å². The van der Waals surface area contributed by atoms with Gasteiger partial charge >= 0.3 is 0 Å². The van der Waals surface area contributed by atoms with Crippen molar-refractivity contribution in [2.45, 2.75) is 25.4 Å². The van der Waals surface area contributed by atoms with Crippen LogP contribution in [0.1, 0.15) is 39.1 Å². The van der Waals surface area contributed by atoms with Gasteiger partial charge in [-0.3, -0.25) is 9.59 Å². The standard InChI is InChI=1S/C20H21ClN2O4/c1-26-17-10-14(9-16(21)18(17)27-2)20(25)23(15-7-8-15)11-12-3-5-13(6-4-12)19(22)24/h3-6,9-10,15H,7-8,11H2,1-2H3,(H2,22,24). The molecule has 0 saturated heterocycles. The first-order valence-electron chi connectivity index (χ1n) is 8.55. The SMILES string of the molecule is COc1cc(C(=O)N(Cc2ccc(C(N)=O)cc2)C2CC2)cc(Cl)c1OC. The van der Waals surface area contributed by atoms with E-state index < -0.39 is 5.91 Å². The van der Waals surface area contributed by atoms with Crippen LogP contribution in [-0.4, -0.2) is 37.0 Å². The van der Waals surface area contributed by atoms with Gasteiger partial charge in [-0.1, -0.05) is 23.7 Å². The topological polar surface area (TPSA) is 81.9 Å². The second kappa shape index (κ2) is 7.88. The zero-order valence-electron chi connectivity index (χ0n) is 15.2. The second-order valence-electron chi connectivity index (χ2n) is 6.42. The molecule has 1 saturated carbocycles. The highest BCUT2D eigenvalue weighted by Crippen LogP contribution is 2.37. The van der Waals surface area contributed by atoms with Crippen LogP contribution in [0.5, 0.6) is 11.5 Å². The third-order valence-corrected chi connectivity index (χ3v) is 4.80. The van der Waals surface area contributed by atoms with Crippen LogP contribution < -0.4 is 15.2 Å². The lowest BCUT2D eigenvalue weighted by Crippen LogP contribution is -2.32. The number of carbonyl (C=O) groups excluding carboxylic acids is 2. The van der Waals surface area contributed by atoms with E-state index in [0.717, 1.165) is 18.4 Å². The number of hydrogen-bond acceptors (Lipinski definition) is 4. The number of hydrogen-bond donors (Lipinski definition) is 1. The fraction of sp³-hybridized carbons (Fsp3) is 0.300. The first kappa shape index (κ1) is 19.0. The maximum atomic E-state index is 13.1. The molecule has 0 heterocycles. The Hall–Kier alpha value is -2.73. The van der Waals surface area contributed by atoms with Crippen LogP contribution in [0.3, 0.4) is 0 Å². The van der Waals surface area contributed by atoms with Crippen molar-refractivity contribution in [3.63, 3.8) is 0 Å². The molecule has 27 heavy (non-hydrogen) atoms. The number of halogens is 1. The Morgan fingerprint density at radius 1 is 1.11 bits per heavy atom. The van der Waals surface area contributed by atoms with Crippen molar-refractivity contribution in [1.82, 2.24) is 4.90 Å². The summed E-state index contributed by atoms with van der Waals surface area (Å²) in [6, 6.07) is 10.4. The van der Waals surface area contributed by atoms with Crippen molar-refractivity contribution in [3.05, 3.63) is 58.1 Å². The smallest absolute Gasteiger partial charge is 0.254 e. The molecule has 0 aromatic heterocycles. The lowest BCUT2D eigenvalue weighted by atomic mass is 10.1. The summed E-state index contributed by atoms with van der Waals surface area (Å²) < 4.78 is 10.5. The van der Waals surface area contributed by atoms with Crippen LogP contribution in [-0.2, 0) is 6.54 Å². The van der Waals surface area contributed by atoms with Crippen LogP contribution in [0, 0.1) is 0 Å². The van der Waals surface area contributed by atoms with Gasteiger partial charge in [-0.25, -0.2) is 0 Å². The van der Waals surface area contributed by atoms with Crippen LogP contribution in [0.15, 0.2) is 36.4 Å². The van der Waals surface area contributed by atoms with Gasteiger partial charge in [0.25, 0.3) is 5.91 Å². The van der Waals surface area contributed by atoms with E-state index in [2.05, 4.69) is 0 Å². The van der Waals surface area contributed by atoms with Crippen LogP contribution in [0.25, 0.3) is 0 Å². The summed E-state index contributed by atoms with van der Waals surface area (Å²) in [5.74, 6) is 0.210. The quantitative estimate of drug-likeness (QED) is 0.789. The Bertz CT molecular complexity index is 863. The van der Waals surface area contributed by atoms with Gasteiger partial charge in [0.2, 0.25) is 5.91 Å². The predicted octanol–water partition coefficient (Wildman–Crippen LogP) is 3.26. The molecule has 0 unspecified atom stereocenters. The largest absolute Gasteiger partial charge is 0.493 e. The van der Waals surface area contributed by atoms with Gasteiger partial charge in [0.1, 0.15) is 0 Å². The number of ether oxygens (including phenoxy) is 2. The van der Waals surface area contributed by atoms with E-state index >= 15 is 0 Å². The lowest BCUT2D eigenvalue weighted by molar-refractivity contribution is 0.0729. The summed E-state index contributed by atoms with van der Waals surface area (Å²) >= 11 is 6.25. The van der Waals surface area contributed by atoms with Crippen LogP contribution >= 0.6 is 11.6 Å². The highest BCUT2D eigenvalue weighted by atomic mass is 35.5. The Morgan fingerprint density at radius 3 is 2.30 bits per heavy atom. The normalized spacial score (nSPS) is 13.1. The molecule has 1 fully saturated rings. The molecule has 3 rings (SSSR count). The van der Waals surface area contributed by atoms with E-state index in [1.807, 2.05) is 17.0 Å². The van der Waals surface area contributed by atoms with Gasteiger partial charge in [0, 0.05) is 23.7 Å². The van der Waals surface area contributed by atoms with Gasteiger partial charge in [0.05, 0.1) is 19.2 Å². The molecule has 0 atom stereocenters. The van der Waals surface area contributed by atoms with E-state index in [1.54, 1.807) is 24.3 Å². The average Bonchev–Trinajstić information content (AvgIpc) is 3.50. The summed E-state index contributed by atoms with van der Waals surface area (Å²) in [7, 11) is 3.00. The molecule has 0 spiro atoms. The Kier molecular flexibility index (Phi) is 5.56. The minimum Gasteiger partial charge on any atom is -0.493 e. The van der Waals surface area contributed by atoms with Crippen molar-refractivity contribution in [2.24, 2.45) is 5.73 Å². The number of primary amides is 1. The Labute approximate surface area is 162 Å². The van der Waals surface area contributed by atoms with Gasteiger partial charge in [-0.2, -0.15) is 0 Å². The molecule has 2 aromatic rings.